The molecule has 8 heteroatoms. The highest BCUT2D eigenvalue weighted by molar-refractivity contribution is 6.05. The number of hydrogen-bond acceptors (Lipinski definition) is 5. The number of methoxy groups -OCH3 is 2. The first-order chi connectivity index (χ1) is 14.5. The highest BCUT2D eigenvalue weighted by Crippen LogP contribution is 2.48. The lowest BCUT2D eigenvalue weighted by molar-refractivity contribution is -0.117. The molecule has 0 spiro atoms. The smallest absolute Gasteiger partial charge is 0.256 e. The van der Waals surface area contributed by atoms with Gasteiger partial charge in [0.25, 0.3) is 5.91 Å². The summed E-state index contributed by atoms with van der Waals surface area (Å²) in [5.41, 5.74) is 1.96. The second-order valence-corrected chi connectivity index (χ2v) is 7.99. The molecule has 0 radical (unpaired) electrons. The number of hydrogen-bond donors (Lipinski definition) is 1. The minimum atomic E-state index is -0.125. The Bertz CT molecular complexity index is 949. The van der Waals surface area contributed by atoms with Crippen molar-refractivity contribution in [1.29, 1.82) is 0 Å². The minimum Gasteiger partial charge on any atom is -0.493 e. The molecule has 0 bridgehead atoms. The molecule has 160 valence electrons. The van der Waals surface area contributed by atoms with E-state index in [1.54, 1.807) is 23.0 Å². The highest BCUT2D eigenvalue weighted by Gasteiger charge is 2.45. The number of anilines is 1. The number of benzene rings is 1. The Morgan fingerprint density at radius 3 is 2.43 bits per heavy atom. The quantitative estimate of drug-likeness (QED) is 0.789. The number of amides is 2. The third kappa shape index (κ3) is 3.99. The van der Waals surface area contributed by atoms with Crippen molar-refractivity contribution in [2.45, 2.75) is 31.6 Å². The average molecular weight is 412 g/mol. The summed E-state index contributed by atoms with van der Waals surface area (Å²) in [6.07, 6.45) is 7.65. The summed E-state index contributed by atoms with van der Waals surface area (Å²) >= 11 is 0. The molecule has 4 rings (SSSR count). The van der Waals surface area contributed by atoms with Crippen LogP contribution in [-0.2, 0) is 11.8 Å². The van der Waals surface area contributed by atoms with E-state index in [9.17, 15) is 9.59 Å². The van der Waals surface area contributed by atoms with Crippen LogP contribution < -0.4 is 14.8 Å². The summed E-state index contributed by atoms with van der Waals surface area (Å²) in [5.74, 6) is 0.799. The third-order valence-electron chi connectivity index (χ3n) is 5.94. The van der Waals surface area contributed by atoms with Gasteiger partial charge in [0.1, 0.15) is 0 Å². The molecular formula is C22H28N4O4. The van der Waals surface area contributed by atoms with E-state index in [0.717, 1.165) is 44.3 Å². The number of carbonyl (C=O) groups excluding carboxylic acids is 2. The average Bonchev–Trinajstić information content (AvgIpc) is 3.47. The molecule has 2 heterocycles. The third-order valence-corrected chi connectivity index (χ3v) is 5.94. The van der Waals surface area contributed by atoms with Crippen molar-refractivity contribution in [3.8, 4) is 11.5 Å². The molecule has 1 saturated heterocycles. The van der Waals surface area contributed by atoms with Crippen molar-refractivity contribution in [2.75, 3.05) is 32.6 Å². The molecule has 1 aromatic carbocycles. The SMILES string of the molecule is COc1cc(NC(=O)C2CC2c2cnn(C)c2)c(C(=O)N2CCCCC2)cc1OC. The van der Waals surface area contributed by atoms with Gasteiger partial charge >= 0.3 is 0 Å². The molecule has 2 fully saturated rings. The zero-order chi connectivity index (χ0) is 21.3. The predicted molar refractivity (Wildman–Crippen MR) is 112 cm³/mol. The van der Waals surface area contributed by atoms with Gasteiger partial charge in [-0.25, -0.2) is 0 Å². The molecule has 2 aliphatic rings. The van der Waals surface area contributed by atoms with Gasteiger partial charge in [-0.2, -0.15) is 5.10 Å². The fourth-order valence-electron chi connectivity index (χ4n) is 4.14. The topological polar surface area (TPSA) is 85.7 Å². The molecule has 2 amide bonds. The Morgan fingerprint density at radius 2 is 1.80 bits per heavy atom. The van der Waals surface area contributed by atoms with Gasteiger partial charge in [-0.15, -0.1) is 0 Å². The monoisotopic (exact) mass is 412 g/mol. The molecule has 1 aromatic heterocycles. The number of likely N-dealkylation sites (tertiary alicyclic amines) is 1. The van der Waals surface area contributed by atoms with Crippen LogP contribution in [0.4, 0.5) is 5.69 Å². The zero-order valence-electron chi connectivity index (χ0n) is 17.7. The molecular weight excluding hydrogens is 384 g/mol. The number of rotatable bonds is 6. The Balaban J connectivity index is 1.57. The number of aryl methyl sites for hydroxylation is 1. The van der Waals surface area contributed by atoms with Gasteiger partial charge in [0.15, 0.2) is 11.5 Å². The molecule has 1 aliphatic heterocycles. The van der Waals surface area contributed by atoms with E-state index in [1.165, 1.54) is 14.2 Å². The largest absolute Gasteiger partial charge is 0.493 e. The van der Waals surface area contributed by atoms with Crippen LogP contribution in [-0.4, -0.2) is 53.8 Å². The first kappa shape index (κ1) is 20.3. The summed E-state index contributed by atoms with van der Waals surface area (Å²) in [6, 6.07) is 3.34. The molecule has 8 nitrogen and oxygen atoms in total. The molecule has 2 aromatic rings. The van der Waals surface area contributed by atoms with Crippen LogP contribution in [0.1, 0.15) is 47.5 Å². The number of aromatic nitrogens is 2. The van der Waals surface area contributed by atoms with Gasteiger partial charge in [0, 0.05) is 38.3 Å². The summed E-state index contributed by atoms with van der Waals surface area (Å²) in [4.78, 5) is 28.0. The summed E-state index contributed by atoms with van der Waals surface area (Å²) < 4.78 is 12.5. The summed E-state index contributed by atoms with van der Waals surface area (Å²) in [5, 5.41) is 7.17. The second-order valence-electron chi connectivity index (χ2n) is 7.99. The van der Waals surface area contributed by atoms with E-state index in [2.05, 4.69) is 10.4 Å². The fraction of sp³-hybridized carbons (Fsp3) is 0.500. The van der Waals surface area contributed by atoms with Crippen molar-refractivity contribution < 1.29 is 19.1 Å². The number of piperidine rings is 1. The van der Waals surface area contributed by atoms with Crippen molar-refractivity contribution in [3.05, 3.63) is 35.7 Å². The summed E-state index contributed by atoms with van der Waals surface area (Å²) in [7, 11) is 4.94. The number of nitrogens with one attached hydrogen (secondary N) is 1. The maximum absolute atomic E-state index is 13.2. The van der Waals surface area contributed by atoms with Gasteiger partial charge in [-0.1, -0.05) is 0 Å². The van der Waals surface area contributed by atoms with Crippen LogP contribution in [0.3, 0.4) is 0 Å². The van der Waals surface area contributed by atoms with E-state index in [1.807, 2.05) is 18.1 Å². The number of ether oxygens (including phenoxy) is 2. The zero-order valence-corrected chi connectivity index (χ0v) is 17.7. The molecule has 1 aliphatic carbocycles. The van der Waals surface area contributed by atoms with E-state index >= 15 is 0 Å². The van der Waals surface area contributed by atoms with Crippen molar-refractivity contribution in [3.63, 3.8) is 0 Å². The van der Waals surface area contributed by atoms with Gasteiger partial charge < -0.3 is 19.7 Å². The molecule has 2 atom stereocenters. The van der Waals surface area contributed by atoms with Crippen LogP contribution in [0.25, 0.3) is 0 Å². The van der Waals surface area contributed by atoms with E-state index < -0.39 is 0 Å². The number of carbonyl (C=O) groups is 2. The lowest BCUT2D eigenvalue weighted by Crippen LogP contribution is -2.36. The maximum Gasteiger partial charge on any atom is 0.256 e. The van der Waals surface area contributed by atoms with Crippen LogP contribution in [0.5, 0.6) is 11.5 Å². The van der Waals surface area contributed by atoms with Gasteiger partial charge in [0.05, 0.1) is 31.7 Å². The predicted octanol–water partition coefficient (Wildman–Crippen LogP) is 2.81. The van der Waals surface area contributed by atoms with Gasteiger partial charge in [-0.05, 0) is 43.2 Å². The molecule has 1 N–H and O–H groups in total. The number of nitrogens with zero attached hydrogens (tertiary/aromatic N) is 3. The van der Waals surface area contributed by atoms with Crippen molar-refractivity contribution in [1.82, 2.24) is 14.7 Å². The lowest BCUT2D eigenvalue weighted by atomic mass is 10.1. The molecule has 1 saturated carbocycles. The lowest BCUT2D eigenvalue weighted by Gasteiger charge is -2.28. The Kier molecular flexibility index (Phi) is 5.65. The van der Waals surface area contributed by atoms with Crippen LogP contribution in [0.2, 0.25) is 0 Å². The van der Waals surface area contributed by atoms with Gasteiger partial charge in [0.2, 0.25) is 5.91 Å². The van der Waals surface area contributed by atoms with Crippen LogP contribution in [0.15, 0.2) is 24.5 Å². The Hall–Kier alpha value is -3.03. The highest BCUT2D eigenvalue weighted by atomic mass is 16.5. The standard InChI is InChI=1S/C22H28N4O4/c1-25-13-14(12-23-25)15-9-16(15)21(27)24-18-11-20(30-3)19(29-2)10-17(18)22(28)26-7-5-4-6-8-26/h10-13,15-16H,4-9H2,1-3H3,(H,24,27). The molecule has 30 heavy (non-hydrogen) atoms. The molecule has 2 unspecified atom stereocenters. The van der Waals surface area contributed by atoms with E-state index in [4.69, 9.17) is 9.47 Å². The normalized spacial score (nSPS) is 20.6. The van der Waals surface area contributed by atoms with Crippen LogP contribution >= 0.6 is 0 Å². The maximum atomic E-state index is 13.2. The first-order valence-corrected chi connectivity index (χ1v) is 10.4. The minimum absolute atomic E-state index is 0.0921. The Morgan fingerprint density at radius 1 is 1.10 bits per heavy atom. The fourth-order valence-corrected chi connectivity index (χ4v) is 4.14. The van der Waals surface area contributed by atoms with Crippen LogP contribution in [0, 0.1) is 5.92 Å². The Labute approximate surface area is 176 Å². The van der Waals surface area contributed by atoms with Gasteiger partial charge in [-0.3, -0.25) is 14.3 Å². The van der Waals surface area contributed by atoms with Crippen molar-refractivity contribution >= 4 is 17.5 Å². The second kappa shape index (κ2) is 8.38. The van der Waals surface area contributed by atoms with E-state index in [-0.39, 0.29) is 23.7 Å². The summed E-state index contributed by atoms with van der Waals surface area (Å²) in [6.45, 7) is 1.46. The van der Waals surface area contributed by atoms with E-state index in [0.29, 0.717) is 22.7 Å². The first-order valence-electron chi connectivity index (χ1n) is 10.4. The van der Waals surface area contributed by atoms with Crippen molar-refractivity contribution in [2.24, 2.45) is 13.0 Å².